The number of hydrogen-bond donors (Lipinski definition) is 1. The summed E-state index contributed by atoms with van der Waals surface area (Å²) in [5.41, 5.74) is -0.459. The molecule has 1 aliphatic heterocycles. The van der Waals surface area contributed by atoms with Gasteiger partial charge in [-0.05, 0) is 46.0 Å². The Hall–Kier alpha value is -1.30. The first kappa shape index (κ1) is 18.7. The summed E-state index contributed by atoms with van der Waals surface area (Å²) < 4.78 is 10.3. The average molecular weight is 314 g/mol. The first-order valence-corrected chi connectivity index (χ1v) is 8.05. The van der Waals surface area contributed by atoms with Gasteiger partial charge in [0.05, 0.1) is 6.61 Å². The third-order valence-electron chi connectivity index (χ3n) is 3.58. The number of nitrogens with zero attached hydrogens (tertiary/aromatic N) is 1. The third kappa shape index (κ3) is 7.64. The second kappa shape index (κ2) is 8.98. The number of carbonyl (C=O) groups is 2. The summed E-state index contributed by atoms with van der Waals surface area (Å²) in [7, 11) is 1.58. The molecule has 6 heteroatoms. The van der Waals surface area contributed by atoms with Crippen LogP contribution in [0, 0.1) is 5.92 Å². The predicted octanol–water partition coefficient (Wildman–Crippen LogP) is 2.18. The molecule has 0 radical (unpaired) electrons. The van der Waals surface area contributed by atoms with Crippen molar-refractivity contribution in [3.63, 3.8) is 0 Å². The van der Waals surface area contributed by atoms with Crippen molar-refractivity contribution in [3.05, 3.63) is 0 Å². The largest absolute Gasteiger partial charge is 0.444 e. The van der Waals surface area contributed by atoms with Crippen LogP contribution in [0.4, 0.5) is 4.79 Å². The molecule has 1 N–H and O–H groups in total. The van der Waals surface area contributed by atoms with Crippen LogP contribution in [-0.4, -0.2) is 55.9 Å². The van der Waals surface area contributed by atoms with E-state index in [2.05, 4.69) is 5.32 Å². The molecule has 1 atom stereocenters. The Kier molecular flexibility index (Phi) is 7.65. The Morgan fingerprint density at radius 2 is 2.05 bits per heavy atom. The number of hydrogen-bond acceptors (Lipinski definition) is 4. The molecule has 0 bridgehead atoms. The highest BCUT2D eigenvalue weighted by Crippen LogP contribution is 2.21. The summed E-state index contributed by atoms with van der Waals surface area (Å²) >= 11 is 0. The van der Waals surface area contributed by atoms with Gasteiger partial charge in [-0.3, -0.25) is 4.79 Å². The highest BCUT2D eigenvalue weighted by Gasteiger charge is 2.27. The summed E-state index contributed by atoms with van der Waals surface area (Å²) in [5.74, 6) is 0.436. The monoisotopic (exact) mass is 314 g/mol. The lowest BCUT2D eigenvalue weighted by molar-refractivity contribution is -0.122. The zero-order chi connectivity index (χ0) is 16.6. The van der Waals surface area contributed by atoms with Crippen LogP contribution in [0.3, 0.4) is 0 Å². The molecule has 1 aliphatic rings. The highest BCUT2D eigenvalue weighted by molar-refractivity contribution is 5.75. The van der Waals surface area contributed by atoms with Gasteiger partial charge in [-0.1, -0.05) is 0 Å². The molecule has 1 unspecified atom stereocenters. The van der Waals surface area contributed by atoms with Gasteiger partial charge in [0, 0.05) is 33.2 Å². The molecule has 0 aromatic rings. The number of likely N-dealkylation sites (tertiary alicyclic amines) is 1. The Balaban J connectivity index is 2.28. The van der Waals surface area contributed by atoms with Crippen LogP contribution < -0.4 is 5.32 Å². The second-order valence-electron chi connectivity index (χ2n) is 6.82. The fourth-order valence-electron chi connectivity index (χ4n) is 2.49. The second-order valence-corrected chi connectivity index (χ2v) is 6.82. The molecular formula is C16H30N2O4. The standard InChI is InChI=1S/C16H30N2O4/c1-16(2,3)22-15(20)18-10-5-6-13(12-18)7-9-17-14(19)8-11-21-4/h13H,5-12H2,1-4H3,(H,17,19). The topological polar surface area (TPSA) is 67.9 Å². The smallest absolute Gasteiger partial charge is 0.410 e. The van der Waals surface area contributed by atoms with Crippen LogP contribution in [0.5, 0.6) is 0 Å². The van der Waals surface area contributed by atoms with E-state index in [1.165, 1.54) is 0 Å². The van der Waals surface area contributed by atoms with Gasteiger partial charge >= 0.3 is 6.09 Å². The first-order chi connectivity index (χ1) is 10.3. The van der Waals surface area contributed by atoms with Crippen molar-refractivity contribution in [3.8, 4) is 0 Å². The molecule has 1 heterocycles. The number of rotatable bonds is 6. The van der Waals surface area contributed by atoms with Gasteiger partial charge < -0.3 is 19.7 Å². The van der Waals surface area contributed by atoms with Crippen molar-refractivity contribution in [1.82, 2.24) is 10.2 Å². The van der Waals surface area contributed by atoms with Crippen molar-refractivity contribution in [2.24, 2.45) is 5.92 Å². The normalized spacial score (nSPS) is 18.9. The molecule has 0 aliphatic carbocycles. The Labute approximate surface area is 133 Å². The quantitative estimate of drug-likeness (QED) is 0.816. The van der Waals surface area contributed by atoms with E-state index in [0.717, 1.165) is 25.8 Å². The zero-order valence-corrected chi connectivity index (χ0v) is 14.3. The molecule has 0 aromatic heterocycles. The van der Waals surface area contributed by atoms with Crippen LogP contribution in [-0.2, 0) is 14.3 Å². The van der Waals surface area contributed by atoms with E-state index in [1.54, 1.807) is 12.0 Å². The van der Waals surface area contributed by atoms with Crippen LogP contribution in [0.25, 0.3) is 0 Å². The fraction of sp³-hybridized carbons (Fsp3) is 0.875. The summed E-state index contributed by atoms with van der Waals surface area (Å²) in [6, 6.07) is 0. The Morgan fingerprint density at radius 1 is 1.32 bits per heavy atom. The third-order valence-corrected chi connectivity index (χ3v) is 3.58. The van der Waals surface area contributed by atoms with Gasteiger partial charge in [0.2, 0.25) is 5.91 Å². The Bertz CT molecular complexity index is 366. The van der Waals surface area contributed by atoms with E-state index >= 15 is 0 Å². The summed E-state index contributed by atoms with van der Waals surface area (Å²) in [6.07, 6.45) is 3.12. The number of carbonyl (C=O) groups excluding carboxylic acids is 2. The lowest BCUT2D eigenvalue weighted by Gasteiger charge is -2.34. The number of methoxy groups -OCH3 is 1. The fourth-order valence-corrected chi connectivity index (χ4v) is 2.49. The van der Waals surface area contributed by atoms with Gasteiger partial charge in [0.25, 0.3) is 0 Å². The molecule has 6 nitrogen and oxygen atoms in total. The van der Waals surface area contributed by atoms with Crippen LogP contribution in [0.2, 0.25) is 0 Å². The van der Waals surface area contributed by atoms with Crippen LogP contribution in [0.15, 0.2) is 0 Å². The minimum Gasteiger partial charge on any atom is -0.444 e. The van der Waals surface area contributed by atoms with Crippen molar-refractivity contribution in [2.45, 2.75) is 52.1 Å². The lowest BCUT2D eigenvalue weighted by Crippen LogP contribution is -2.43. The summed E-state index contributed by atoms with van der Waals surface area (Å²) in [5, 5.41) is 2.89. The van der Waals surface area contributed by atoms with Crippen LogP contribution >= 0.6 is 0 Å². The van der Waals surface area contributed by atoms with Crippen molar-refractivity contribution in [2.75, 3.05) is 33.4 Å². The molecule has 1 fully saturated rings. The molecule has 1 rings (SSSR count). The molecular weight excluding hydrogens is 284 g/mol. The number of ether oxygens (including phenoxy) is 2. The molecule has 0 aromatic carbocycles. The lowest BCUT2D eigenvalue weighted by atomic mass is 9.95. The average Bonchev–Trinajstić information content (AvgIpc) is 2.43. The molecule has 2 amide bonds. The van der Waals surface area contributed by atoms with Gasteiger partial charge in [-0.15, -0.1) is 0 Å². The summed E-state index contributed by atoms with van der Waals surface area (Å²) in [6.45, 7) is 8.19. The van der Waals surface area contributed by atoms with E-state index < -0.39 is 5.60 Å². The summed E-state index contributed by atoms with van der Waals surface area (Å²) in [4.78, 5) is 25.4. The molecule has 1 saturated heterocycles. The number of piperidine rings is 1. The van der Waals surface area contributed by atoms with Crippen molar-refractivity contribution < 1.29 is 19.1 Å². The van der Waals surface area contributed by atoms with E-state index in [-0.39, 0.29) is 12.0 Å². The minimum absolute atomic E-state index is 0.0154. The number of amides is 2. The van der Waals surface area contributed by atoms with E-state index in [0.29, 0.717) is 32.0 Å². The first-order valence-electron chi connectivity index (χ1n) is 8.05. The van der Waals surface area contributed by atoms with E-state index in [9.17, 15) is 9.59 Å². The van der Waals surface area contributed by atoms with Crippen LogP contribution in [0.1, 0.15) is 46.5 Å². The van der Waals surface area contributed by atoms with Crippen molar-refractivity contribution in [1.29, 1.82) is 0 Å². The molecule has 22 heavy (non-hydrogen) atoms. The van der Waals surface area contributed by atoms with E-state index in [4.69, 9.17) is 9.47 Å². The Morgan fingerprint density at radius 3 is 2.68 bits per heavy atom. The maximum atomic E-state index is 12.1. The molecule has 128 valence electrons. The van der Waals surface area contributed by atoms with Gasteiger partial charge in [-0.25, -0.2) is 4.79 Å². The van der Waals surface area contributed by atoms with E-state index in [1.807, 2.05) is 20.8 Å². The maximum Gasteiger partial charge on any atom is 0.410 e. The number of nitrogens with one attached hydrogen (secondary N) is 1. The SMILES string of the molecule is COCCC(=O)NCCC1CCCN(C(=O)OC(C)(C)C)C1. The molecule has 0 saturated carbocycles. The van der Waals surface area contributed by atoms with Gasteiger partial charge in [0.1, 0.15) is 5.60 Å². The predicted molar refractivity (Wildman–Crippen MR) is 84.7 cm³/mol. The zero-order valence-electron chi connectivity index (χ0n) is 14.3. The highest BCUT2D eigenvalue weighted by atomic mass is 16.6. The van der Waals surface area contributed by atoms with Gasteiger partial charge in [-0.2, -0.15) is 0 Å². The maximum absolute atomic E-state index is 12.1. The van der Waals surface area contributed by atoms with Gasteiger partial charge in [0.15, 0.2) is 0 Å². The molecule has 0 spiro atoms. The van der Waals surface area contributed by atoms with Crippen molar-refractivity contribution >= 4 is 12.0 Å². The minimum atomic E-state index is -0.459.